The fourth-order valence-electron chi connectivity index (χ4n) is 4.58. The third-order valence-electron chi connectivity index (χ3n) is 6.11. The number of aromatic amines is 1. The van der Waals surface area contributed by atoms with Crippen LogP contribution in [0, 0.1) is 0 Å². The topological polar surface area (TPSA) is 107 Å². The monoisotopic (exact) mass is 420 g/mol. The molecule has 0 saturated carbocycles. The van der Waals surface area contributed by atoms with Crippen molar-refractivity contribution in [2.24, 2.45) is 0 Å². The largest absolute Gasteiger partial charge is 0.467 e. The average Bonchev–Trinajstić information content (AvgIpc) is 3.48. The number of hydrogen-bond acceptors (Lipinski definition) is 4. The van der Waals surface area contributed by atoms with Crippen LogP contribution in [0.2, 0.25) is 0 Å². The number of fused-ring (bicyclic) bond motifs is 3. The molecule has 0 bridgehead atoms. The van der Waals surface area contributed by atoms with Crippen molar-refractivity contribution in [3.05, 3.63) is 59.7 Å². The molecule has 160 valence electrons. The molecule has 3 heterocycles. The predicted molar refractivity (Wildman–Crippen MR) is 113 cm³/mol. The molecule has 3 aromatic rings. The molecule has 1 aliphatic carbocycles. The van der Waals surface area contributed by atoms with E-state index in [9.17, 15) is 14.4 Å². The molecule has 8 nitrogen and oxygen atoms in total. The molecule has 0 radical (unpaired) electrons. The SMILES string of the molecule is O=C(CC[C@H]1NC(=O)N(Cc2ccco2)C1=O)N[C@@H]1CCCc2c1[nH]c1ccccc21. The Morgan fingerprint density at radius 1 is 1.19 bits per heavy atom. The van der Waals surface area contributed by atoms with Crippen LogP contribution in [0.25, 0.3) is 10.9 Å². The molecule has 8 heteroatoms. The van der Waals surface area contributed by atoms with E-state index in [1.54, 1.807) is 12.1 Å². The molecule has 5 rings (SSSR count). The van der Waals surface area contributed by atoms with E-state index in [1.807, 2.05) is 12.1 Å². The highest BCUT2D eigenvalue weighted by molar-refractivity contribution is 6.04. The van der Waals surface area contributed by atoms with Gasteiger partial charge in [0.15, 0.2) is 0 Å². The van der Waals surface area contributed by atoms with Crippen LogP contribution in [0.1, 0.15) is 48.7 Å². The molecule has 31 heavy (non-hydrogen) atoms. The van der Waals surface area contributed by atoms with Gasteiger partial charge in [0.05, 0.1) is 18.8 Å². The van der Waals surface area contributed by atoms with E-state index in [-0.39, 0.29) is 37.2 Å². The Labute approximate surface area is 179 Å². The Bertz CT molecular complexity index is 1130. The van der Waals surface area contributed by atoms with Gasteiger partial charge < -0.3 is 20.0 Å². The number of rotatable bonds is 6. The molecule has 1 aliphatic heterocycles. The van der Waals surface area contributed by atoms with Crippen LogP contribution in [-0.4, -0.2) is 33.8 Å². The number of urea groups is 1. The first-order valence-electron chi connectivity index (χ1n) is 10.6. The van der Waals surface area contributed by atoms with Crippen LogP contribution in [0.5, 0.6) is 0 Å². The molecule has 1 aromatic carbocycles. The number of aryl methyl sites for hydroxylation is 1. The van der Waals surface area contributed by atoms with Gasteiger partial charge in [-0.05, 0) is 49.4 Å². The van der Waals surface area contributed by atoms with Crippen LogP contribution in [0.15, 0.2) is 47.1 Å². The standard InChI is InChI=1S/C23H24N4O4/c28-20(11-10-19-22(29)27(23(30)26-19)13-14-5-4-12-31-14)24-18-9-3-7-16-15-6-1-2-8-17(15)25-21(16)18/h1-2,4-6,8,12,18-19,25H,3,7,9-11,13H2,(H,24,28)(H,26,30)/t18-,19-/m1/s1. The number of hydrogen-bond donors (Lipinski definition) is 3. The second kappa shape index (κ2) is 7.94. The van der Waals surface area contributed by atoms with Crippen LogP contribution < -0.4 is 10.6 Å². The lowest BCUT2D eigenvalue weighted by Gasteiger charge is -2.24. The number of carbonyl (C=O) groups is 3. The first-order valence-corrected chi connectivity index (χ1v) is 10.6. The maximum absolute atomic E-state index is 12.6. The molecule has 4 amide bonds. The zero-order valence-corrected chi connectivity index (χ0v) is 17.0. The Kier molecular flexibility index (Phi) is 4.97. The van der Waals surface area contributed by atoms with Crippen molar-refractivity contribution < 1.29 is 18.8 Å². The van der Waals surface area contributed by atoms with Crippen LogP contribution >= 0.6 is 0 Å². The molecule has 1 fully saturated rings. The number of carbonyl (C=O) groups excluding carboxylic acids is 3. The molecular formula is C23H24N4O4. The van der Waals surface area contributed by atoms with E-state index in [0.29, 0.717) is 5.76 Å². The molecule has 2 aliphatic rings. The maximum atomic E-state index is 12.6. The number of imide groups is 1. The first-order chi connectivity index (χ1) is 15.1. The molecule has 0 unspecified atom stereocenters. The van der Waals surface area contributed by atoms with Crippen molar-refractivity contribution in [2.45, 2.75) is 50.7 Å². The Balaban J connectivity index is 1.19. The van der Waals surface area contributed by atoms with Gasteiger partial charge >= 0.3 is 6.03 Å². The summed E-state index contributed by atoms with van der Waals surface area (Å²) in [5.41, 5.74) is 3.44. The average molecular weight is 420 g/mol. The zero-order chi connectivity index (χ0) is 21.4. The molecule has 1 saturated heterocycles. The Morgan fingerprint density at radius 2 is 2.06 bits per heavy atom. The summed E-state index contributed by atoms with van der Waals surface area (Å²) in [6.07, 6.45) is 4.81. The number of aromatic nitrogens is 1. The summed E-state index contributed by atoms with van der Waals surface area (Å²) in [7, 11) is 0. The number of nitrogens with one attached hydrogen (secondary N) is 3. The van der Waals surface area contributed by atoms with Crippen molar-refractivity contribution in [2.75, 3.05) is 0 Å². The Hall–Kier alpha value is -3.55. The predicted octanol–water partition coefficient (Wildman–Crippen LogP) is 3.16. The number of nitrogens with zero attached hydrogens (tertiary/aromatic N) is 1. The van der Waals surface area contributed by atoms with E-state index in [2.05, 4.69) is 27.8 Å². The highest BCUT2D eigenvalue weighted by Crippen LogP contribution is 2.34. The first kappa shape index (κ1) is 19.4. The number of H-pyrrole nitrogens is 1. The van der Waals surface area contributed by atoms with E-state index >= 15 is 0 Å². The summed E-state index contributed by atoms with van der Waals surface area (Å²) >= 11 is 0. The zero-order valence-electron chi connectivity index (χ0n) is 17.0. The Morgan fingerprint density at radius 3 is 2.90 bits per heavy atom. The van der Waals surface area contributed by atoms with Gasteiger partial charge in [-0.15, -0.1) is 0 Å². The highest BCUT2D eigenvalue weighted by Gasteiger charge is 2.38. The van der Waals surface area contributed by atoms with E-state index < -0.39 is 12.1 Å². The molecule has 3 N–H and O–H groups in total. The number of furan rings is 1. The highest BCUT2D eigenvalue weighted by atomic mass is 16.3. The fourth-order valence-corrected chi connectivity index (χ4v) is 4.58. The summed E-state index contributed by atoms with van der Waals surface area (Å²) in [4.78, 5) is 42.0. The van der Waals surface area contributed by atoms with Gasteiger partial charge in [-0.1, -0.05) is 18.2 Å². The van der Waals surface area contributed by atoms with Gasteiger partial charge in [-0.2, -0.15) is 0 Å². The minimum Gasteiger partial charge on any atom is -0.467 e. The molecule has 2 aromatic heterocycles. The second-order valence-corrected chi connectivity index (χ2v) is 8.12. The number of para-hydroxylation sites is 1. The molecule has 0 spiro atoms. The van der Waals surface area contributed by atoms with Crippen LogP contribution in [0.4, 0.5) is 4.79 Å². The van der Waals surface area contributed by atoms with Crippen molar-refractivity contribution in [1.82, 2.24) is 20.5 Å². The third kappa shape index (κ3) is 3.69. The minimum absolute atomic E-state index is 0.0621. The van der Waals surface area contributed by atoms with E-state index in [1.165, 1.54) is 17.2 Å². The molecule has 2 atom stereocenters. The lowest BCUT2D eigenvalue weighted by Crippen LogP contribution is -2.34. The maximum Gasteiger partial charge on any atom is 0.325 e. The summed E-state index contributed by atoms with van der Waals surface area (Å²) in [6.45, 7) is 0.0889. The van der Waals surface area contributed by atoms with Gasteiger partial charge in [0, 0.05) is 23.0 Å². The van der Waals surface area contributed by atoms with Crippen LogP contribution in [-0.2, 0) is 22.6 Å². The summed E-state index contributed by atoms with van der Waals surface area (Å²) in [6, 6.07) is 10.4. The normalized spacial score (nSPS) is 20.7. The van der Waals surface area contributed by atoms with Gasteiger partial charge in [0.2, 0.25) is 5.91 Å². The summed E-state index contributed by atoms with van der Waals surface area (Å²) in [5.74, 6) is 0.0844. The van der Waals surface area contributed by atoms with Gasteiger partial charge in [-0.25, -0.2) is 4.79 Å². The van der Waals surface area contributed by atoms with Crippen molar-refractivity contribution in [3.63, 3.8) is 0 Å². The quantitative estimate of drug-likeness (QED) is 0.533. The van der Waals surface area contributed by atoms with Crippen molar-refractivity contribution in [1.29, 1.82) is 0 Å². The van der Waals surface area contributed by atoms with E-state index in [4.69, 9.17) is 4.42 Å². The lowest BCUT2D eigenvalue weighted by molar-refractivity contribution is -0.128. The lowest BCUT2D eigenvalue weighted by atomic mass is 9.91. The summed E-state index contributed by atoms with van der Waals surface area (Å²) in [5, 5.41) is 6.99. The van der Waals surface area contributed by atoms with Crippen molar-refractivity contribution in [3.8, 4) is 0 Å². The minimum atomic E-state index is -0.691. The van der Waals surface area contributed by atoms with Crippen molar-refractivity contribution >= 4 is 28.7 Å². The third-order valence-corrected chi connectivity index (χ3v) is 6.11. The van der Waals surface area contributed by atoms with Gasteiger partial charge in [0.25, 0.3) is 5.91 Å². The number of amides is 4. The fraction of sp³-hybridized carbons (Fsp3) is 0.348. The van der Waals surface area contributed by atoms with Gasteiger partial charge in [-0.3, -0.25) is 14.5 Å². The smallest absolute Gasteiger partial charge is 0.325 e. The van der Waals surface area contributed by atoms with E-state index in [0.717, 1.165) is 35.4 Å². The van der Waals surface area contributed by atoms with Gasteiger partial charge in [0.1, 0.15) is 11.8 Å². The van der Waals surface area contributed by atoms with Crippen LogP contribution in [0.3, 0.4) is 0 Å². The second-order valence-electron chi connectivity index (χ2n) is 8.12. The molecular weight excluding hydrogens is 396 g/mol. The number of benzene rings is 1. The summed E-state index contributed by atoms with van der Waals surface area (Å²) < 4.78 is 5.22.